The number of allylic oxidation sites excluding steroid dienone is 1. The summed E-state index contributed by atoms with van der Waals surface area (Å²) in [5.74, 6) is 1.71. The van der Waals surface area contributed by atoms with Crippen molar-refractivity contribution in [1.29, 1.82) is 0 Å². The molecule has 0 spiro atoms. The molecule has 1 aliphatic heterocycles. The Bertz CT molecular complexity index is 1030. The molecule has 124 valence electrons. The fourth-order valence-corrected chi connectivity index (χ4v) is 3.08. The molecule has 0 fully saturated rings. The second-order valence-electron chi connectivity index (χ2n) is 5.77. The first-order chi connectivity index (χ1) is 12.0. The average Bonchev–Trinajstić information content (AvgIpc) is 3.16. The summed E-state index contributed by atoms with van der Waals surface area (Å²) in [5, 5.41) is 1.10. The van der Waals surface area contributed by atoms with Crippen LogP contribution in [0.1, 0.15) is 21.7 Å². The number of rotatable bonds is 2. The minimum absolute atomic E-state index is 0.155. The van der Waals surface area contributed by atoms with Gasteiger partial charge in [0, 0.05) is 16.7 Å². The van der Waals surface area contributed by atoms with Crippen LogP contribution < -0.4 is 4.74 Å². The molecular formula is C20H12Cl2O3. The monoisotopic (exact) mass is 370 g/mol. The molecule has 3 nitrogen and oxygen atoms in total. The Hall–Kier alpha value is -2.49. The number of furan rings is 1. The normalized spacial score (nSPS) is 14.7. The summed E-state index contributed by atoms with van der Waals surface area (Å²) in [6, 6.07) is 14.2. The Morgan fingerprint density at radius 1 is 0.960 bits per heavy atom. The van der Waals surface area contributed by atoms with Crippen LogP contribution in [0.3, 0.4) is 0 Å². The van der Waals surface area contributed by atoms with Crippen LogP contribution >= 0.6 is 23.2 Å². The quantitative estimate of drug-likeness (QED) is 0.505. The smallest absolute Gasteiger partial charge is 0.232 e. The van der Waals surface area contributed by atoms with Crippen molar-refractivity contribution in [1.82, 2.24) is 0 Å². The number of Topliss-reactive ketones (excluding diaryl/α,β-unsaturated/α-hetero) is 1. The molecule has 0 amide bonds. The molecule has 2 heterocycles. The van der Waals surface area contributed by atoms with Gasteiger partial charge in [0.2, 0.25) is 5.78 Å². The van der Waals surface area contributed by atoms with Gasteiger partial charge in [-0.3, -0.25) is 4.79 Å². The van der Waals surface area contributed by atoms with Gasteiger partial charge in [0.1, 0.15) is 17.3 Å². The van der Waals surface area contributed by atoms with E-state index in [0.717, 1.165) is 5.56 Å². The van der Waals surface area contributed by atoms with Gasteiger partial charge in [-0.25, -0.2) is 0 Å². The van der Waals surface area contributed by atoms with E-state index in [-0.39, 0.29) is 11.5 Å². The Kier molecular flexibility index (Phi) is 3.91. The Balaban J connectivity index is 1.67. The molecule has 2 aromatic carbocycles. The van der Waals surface area contributed by atoms with Gasteiger partial charge < -0.3 is 9.15 Å². The van der Waals surface area contributed by atoms with Crippen molar-refractivity contribution in [3.8, 4) is 17.1 Å². The van der Waals surface area contributed by atoms with Crippen LogP contribution in [0.4, 0.5) is 0 Å². The lowest BCUT2D eigenvalue weighted by atomic mass is 10.1. The van der Waals surface area contributed by atoms with Crippen molar-refractivity contribution in [2.45, 2.75) is 6.92 Å². The molecule has 1 aliphatic rings. The van der Waals surface area contributed by atoms with E-state index in [4.69, 9.17) is 32.4 Å². The molecule has 0 unspecified atom stereocenters. The van der Waals surface area contributed by atoms with E-state index in [1.807, 2.05) is 19.1 Å². The summed E-state index contributed by atoms with van der Waals surface area (Å²) in [7, 11) is 0. The van der Waals surface area contributed by atoms with Gasteiger partial charge in [0.25, 0.3) is 0 Å². The van der Waals surface area contributed by atoms with E-state index >= 15 is 0 Å². The highest BCUT2D eigenvalue weighted by Gasteiger charge is 2.27. The molecule has 4 rings (SSSR count). The molecule has 1 aromatic heterocycles. The van der Waals surface area contributed by atoms with E-state index in [1.54, 1.807) is 42.5 Å². The van der Waals surface area contributed by atoms with Crippen molar-refractivity contribution in [2.75, 3.05) is 0 Å². The molecule has 25 heavy (non-hydrogen) atoms. The molecular weight excluding hydrogens is 359 g/mol. The molecule has 5 heteroatoms. The molecule has 0 radical (unpaired) electrons. The lowest BCUT2D eigenvalue weighted by Crippen LogP contribution is -1.97. The SMILES string of the molecule is Cc1ccc2c(c1)C(=O)C(=Cc1ccc(-c3cc(Cl)ccc3Cl)o1)O2. The van der Waals surface area contributed by atoms with Crippen LogP contribution in [0.25, 0.3) is 17.4 Å². The van der Waals surface area contributed by atoms with Crippen LogP contribution in [0.15, 0.2) is 58.7 Å². The second kappa shape index (κ2) is 6.10. The zero-order chi connectivity index (χ0) is 17.6. The Morgan fingerprint density at radius 2 is 1.80 bits per heavy atom. The number of ether oxygens (including phenoxy) is 1. The highest BCUT2D eigenvalue weighted by atomic mass is 35.5. The van der Waals surface area contributed by atoms with Gasteiger partial charge in [-0.1, -0.05) is 34.8 Å². The van der Waals surface area contributed by atoms with Gasteiger partial charge in [-0.15, -0.1) is 0 Å². The molecule has 0 atom stereocenters. The van der Waals surface area contributed by atoms with Gasteiger partial charge in [0.15, 0.2) is 5.76 Å². The Morgan fingerprint density at radius 3 is 2.64 bits per heavy atom. The number of carbonyl (C=O) groups is 1. The maximum atomic E-state index is 12.5. The summed E-state index contributed by atoms with van der Waals surface area (Å²) >= 11 is 12.2. The topological polar surface area (TPSA) is 39.4 Å². The van der Waals surface area contributed by atoms with Crippen LogP contribution in [-0.2, 0) is 0 Å². The third-order valence-corrected chi connectivity index (χ3v) is 4.48. The Labute approximate surface area is 154 Å². The third-order valence-electron chi connectivity index (χ3n) is 3.92. The van der Waals surface area contributed by atoms with Crippen LogP contribution in [0.5, 0.6) is 5.75 Å². The number of hydrogen-bond acceptors (Lipinski definition) is 3. The maximum Gasteiger partial charge on any atom is 0.232 e. The predicted octanol–water partition coefficient (Wildman–Crippen LogP) is 6.18. The average molecular weight is 371 g/mol. The number of aryl methyl sites for hydroxylation is 1. The van der Waals surface area contributed by atoms with Crippen molar-refractivity contribution >= 4 is 35.1 Å². The summed E-state index contributed by atoms with van der Waals surface area (Å²) in [6.45, 7) is 1.93. The molecule has 0 bridgehead atoms. The first kappa shape index (κ1) is 16.0. The molecule has 0 saturated heterocycles. The fraction of sp³-hybridized carbons (Fsp3) is 0.0500. The van der Waals surface area contributed by atoms with Crippen molar-refractivity contribution < 1.29 is 13.9 Å². The van der Waals surface area contributed by atoms with Gasteiger partial charge in [0.05, 0.1) is 10.6 Å². The number of ketones is 1. The van der Waals surface area contributed by atoms with E-state index in [9.17, 15) is 4.79 Å². The summed E-state index contributed by atoms with van der Waals surface area (Å²) in [4.78, 5) is 12.5. The van der Waals surface area contributed by atoms with E-state index in [1.165, 1.54) is 0 Å². The van der Waals surface area contributed by atoms with Crippen molar-refractivity contribution in [3.63, 3.8) is 0 Å². The standard InChI is InChI=1S/C20H12Cl2O3/c1-11-2-6-18-15(8-11)20(23)19(25-18)10-13-4-7-17(24-13)14-9-12(21)3-5-16(14)22/h2-10H,1H3. The minimum atomic E-state index is -0.155. The van der Waals surface area contributed by atoms with Crippen LogP contribution in [0, 0.1) is 6.92 Å². The second-order valence-corrected chi connectivity index (χ2v) is 6.61. The maximum absolute atomic E-state index is 12.5. The zero-order valence-corrected chi connectivity index (χ0v) is 14.7. The first-order valence-corrected chi connectivity index (χ1v) is 8.37. The largest absolute Gasteiger partial charge is 0.457 e. The predicted molar refractivity (Wildman–Crippen MR) is 98.3 cm³/mol. The lowest BCUT2D eigenvalue weighted by molar-refractivity contribution is 0.101. The fourth-order valence-electron chi connectivity index (χ4n) is 2.69. The number of fused-ring (bicyclic) bond motifs is 1. The lowest BCUT2D eigenvalue weighted by Gasteiger charge is -2.01. The number of carbonyl (C=O) groups excluding carboxylic acids is 1. The van der Waals surface area contributed by atoms with Crippen LogP contribution in [0.2, 0.25) is 10.0 Å². The van der Waals surface area contributed by atoms with Crippen molar-refractivity contribution in [3.05, 3.63) is 81.2 Å². The van der Waals surface area contributed by atoms with Crippen molar-refractivity contribution in [2.24, 2.45) is 0 Å². The molecule has 3 aromatic rings. The number of benzene rings is 2. The summed E-state index contributed by atoms with van der Waals surface area (Å²) < 4.78 is 11.4. The summed E-state index contributed by atoms with van der Waals surface area (Å²) in [5.41, 5.74) is 2.26. The highest BCUT2D eigenvalue weighted by Crippen LogP contribution is 2.35. The number of halogens is 2. The van der Waals surface area contributed by atoms with E-state index in [0.29, 0.717) is 38.4 Å². The van der Waals surface area contributed by atoms with Gasteiger partial charge >= 0.3 is 0 Å². The first-order valence-electron chi connectivity index (χ1n) is 7.61. The molecule has 0 aliphatic carbocycles. The van der Waals surface area contributed by atoms with Gasteiger partial charge in [-0.2, -0.15) is 0 Å². The van der Waals surface area contributed by atoms with E-state index < -0.39 is 0 Å². The minimum Gasteiger partial charge on any atom is -0.457 e. The van der Waals surface area contributed by atoms with E-state index in [2.05, 4.69) is 0 Å². The molecule has 0 saturated carbocycles. The van der Waals surface area contributed by atoms with Crippen LogP contribution in [-0.4, -0.2) is 5.78 Å². The zero-order valence-electron chi connectivity index (χ0n) is 13.2. The highest BCUT2D eigenvalue weighted by molar-refractivity contribution is 6.35. The number of hydrogen-bond donors (Lipinski definition) is 0. The molecule has 0 N–H and O–H groups in total. The third kappa shape index (κ3) is 2.97. The summed E-state index contributed by atoms with van der Waals surface area (Å²) in [6.07, 6.45) is 1.58. The van der Waals surface area contributed by atoms with Gasteiger partial charge in [-0.05, 0) is 49.4 Å².